The lowest BCUT2D eigenvalue weighted by atomic mass is 10.1. The molecule has 0 saturated heterocycles. The second kappa shape index (κ2) is 8.17. The van der Waals surface area contributed by atoms with Crippen molar-refractivity contribution in [2.45, 2.75) is 46.3 Å². The highest BCUT2D eigenvalue weighted by atomic mass is 79.9. The lowest BCUT2D eigenvalue weighted by molar-refractivity contribution is 0.00593. The van der Waals surface area contributed by atoms with Gasteiger partial charge in [0.15, 0.2) is 0 Å². The first kappa shape index (κ1) is 21.0. The molecule has 0 aromatic heterocycles. The predicted octanol–water partition coefficient (Wildman–Crippen LogP) is 4.90. The Hall–Kier alpha value is -2.28. The van der Waals surface area contributed by atoms with E-state index in [1.54, 1.807) is 47.8 Å². The first-order chi connectivity index (χ1) is 12.5. The molecule has 2 aromatic carbocycles. The average Bonchev–Trinajstić information content (AvgIpc) is 2.58. The molecule has 0 bridgehead atoms. The zero-order chi connectivity index (χ0) is 20.4. The van der Waals surface area contributed by atoms with Crippen molar-refractivity contribution >= 4 is 38.7 Å². The average molecular weight is 437 g/mol. The molecule has 0 aliphatic rings. The first-order valence-corrected chi connectivity index (χ1v) is 9.43. The Kier molecular flexibility index (Phi) is 6.36. The van der Waals surface area contributed by atoms with Crippen molar-refractivity contribution in [3.8, 4) is 5.75 Å². The van der Waals surface area contributed by atoms with E-state index in [9.17, 15) is 9.59 Å². The van der Waals surface area contributed by atoms with E-state index in [2.05, 4.69) is 21.4 Å². The van der Waals surface area contributed by atoms with Gasteiger partial charge in [-0.05, 0) is 56.6 Å². The van der Waals surface area contributed by atoms with Crippen molar-refractivity contribution in [1.29, 1.82) is 0 Å². The van der Waals surface area contributed by atoms with Gasteiger partial charge in [-0.25, -0.2) is 9.80 Å². The van der Waals surface area contributed by atoms with Gasteiger partial charge in [0.2, 0.25) is 0 Å². The van der Waals surface area contributed by atoms with Crippen molar-refractivity contribution in [3.05, 3.63) is 40.4 Å². The number of nitrogens with zero attached hydrogens (tertiary/aromatic N) is 1. The summed E-state index contributed by atoms with van der Waals surface area (Å²) < 4.78 is 11.4. The molecule has 1 N–H and O–H groups in total. The van der Waals surface area contributed by atoms with Crippen LogP contribution in [0.25, 0.3) is 10.8 Å². The molecule has 0 unspecified atom stereocenters. The monoisotopic (exact) mass is 436 g/mol. The van der Waals surface area contributed by atoms with E-state index < -0.39 is 17.6 Å². The van der Waals surface area contributed by atoms with Crippen molar-refractivity contribution in [2.24, 2.45) is 0 Å². The van der Waals surface area contributed by atoms with E-state index in [-0.39, 0.29) is 6.04 Å². The smallest absolute Gasteiger partial charge is 0.429 e. The van der Waals surface area contributed by atoms with Crippen LogP contribution in [0.4, 0.5) is 4.79 Å². The molecule has 0 aliphatic heterocycles. The number of hydrazine groups is 1. The predicted molar refractivity (Wildman–Crippen MR) is 109 cm³/mol. The van der Waals surface area contributed by atoms with Crippen LogP contribution in [0.1, 0.15) is 45.0 Å². The van der Waals surface area contributed by atoms with E-state index in [0.29, 0.717) is 15.8 Å². The second-order valence-corrected chi connectivity index (χ2v) is 8.16. The summed E-state index contributed by atoms with van der Waals surface area (Å²) in [5.41, 5.74) is 2.34. The van der Waals surface area contributed by atoms with Gasteiger partial charge in [-0.1, -0.05) is 24.3 Å². The molecule has 2 rings (SSSR count). The van der Waals surface area contributed by atoms with Gasteiger partial charge in [-0.2, -0.15) is 0 Å². The van der Waals surface area contributed by atoms with Crippen molar-refractivity contribution in [1.82, 2.24) is 10.4 Å². The van der Waals surface area contributed by atoms with Crippen LogP contribution in [-0.2, 0) is 4.74 Å². The lowest BCUT2D eigenvalue weighted by Crippen LogP contribution is -2.51. The molecule has 0 fully saturated rings. The maximum Gasteiger partial charge on any atom is 0.429 e. The highest BCUT2D eigenvalue weighted by molar-refractivity contribution is 9.10. The molecule has 0 spiro atoms. The number of methoxy groups -OCH3 is 1. The number of nitrogens with one attached hydrogen (secondary N) is 1. The van der Waals surface area contributed by atoms with E-state index in [1.165, 1.54) is 5.01 Å². The van der Waals surface area contributed by atoms with Crippen LogP contribution in [0.3, 0.4) is 0 Å². The Morgan fingerprint density at radius 3 is 2.26 bits per heavy atom. The summed E-state index contributed by atoms with van der Waals surface area (Å²) in [6, 6.07) is 8.96. The van der Waals surface area contributed by atoms with Crippen LogP contribution < -0.4 is 10.2 Å². The largest absolute Gasteiger partial charge is 0.496 e. The first-order valence-electron chi connectivity index (χ1n) is 8.63. The van der Waals surface area contributed by atoms with Gasteiger partial charge in [0.1, 0.15) is 11.4 Å². The molecule has 0 saturated carbocycles. The number of carbonyl (C=O) groups excluding carboxylic acids is 2. The maximum atomic E-state index is 12.9. The fourth-order valence-electron chi connectivity index (χ4n) is 2.51. The third kappa shape index (κ3) is 4.91. The molecule has 0 radical (unpaired) electrons. The topological polar surface area (TPSA) is 67.9 Å². The van der Waals surface area contributed by atoms with E-state index in [1.807, 2.05) is 24.3 Å². The molecule has 0 aliphatic carbocycles. The van der Waals surface area contributed by atoms with Crippen molar-refractivity contribution in [2.75, 3.05) is 7.11 Å². The second-order valence-electron chi connectivity index (χ2n) is 7.37. The summed E-state index contributed by atoms with van der Waals surface area (Å²) >= 11 is 3.51. The number of hydrogen-bond acceptors (Lipinski definition) is 4. The summed E-state index contributed by atoms with van der Waals surface area (Å²) in [6.45, 7) is 8.91. The molecule has 27 heavy (non-hydrogen) atoms. The molecule has 2 aromatic rings. The molecule has 2 amide bonds. The molecule has 0 heterocycles. The number of amides is 2. The fourth-order valence-corrected chi connectivity index (χ4v) is 3.15. The van der Waals surface area contributed by atoms with E-state index >= 15 is 0 Å². The summed E-state index contributed by atoms with van der Waals surface area (Å²) in [5, 5.41) is 2.91. The standard InChI is InChI=1S/C20H25BrN2O4/c1-12(2)23(19(25)27-20(3,4)5)22-18(24)15-11-16(26-6)13-9-7-8-10-14(13)17(15)21/h7-12H,1-6H3,(H,22,24). The number of ether oxygens (including phenoxy) is 2. The number of halogens is 1. The minimum atomic E-state index is -0.665. The third-order valence-electron chi connectivity index (χ3n) is 3.73. The van der Waals surface area contributed by atoms with Crippen LogP contribution in [0.15, 0.2) is 34.8 Å². The molecular weight excluding hydrogens is 412 g/mol. The van der Waals surface area contributed by atoms with Gasteiger partial charge < -0.3 is 9.47 Å². The van der Waals surface area contributed by atoms with Crippen LogP contribution in [0.5, 0.6) is 5.75 Å². The maximum absolute atomic E-state index is 12.9. The van der Waals surface area contributed by atoms with Gasteiger partial charge in [0.05, 0.1) is 18.7 Å². The molecule has 146 valence electrons. The van der Waals surface area contributed by atoms with Gasteiger partial charge in [0, 0.05) is 15.2 Å². The normalized spacial score (nSPS) is 11.4. The van der Waals surface area contributed by atoms with Gasteiger partial charge in [-0.15, -0.1) is 0 Å². The van der Waals surface area contributed by atoms with Crippen LogP contribution in [0.2, 0.25) is 0 Å². The number of benzene rings is 2. The van der Waals surface area contributed by atoms with Crippen molar-refractivity contribution < 1.29 is 19.1 Å². The van der Waals surface area contributed by atoms with Gasteiger partial charge >= 0.3 is 6.09 Å². The Bertz CT molecular complexity index is 859. The fraction of sp³-hybridized carbons (Fsp3) is 0.400. The van der Waals surface area contributed by atoms with Crippen LogP contribution in [0, 0.1) is 0 Å². The molecule has 0 atom stereocenters. The summed E-state index contributed by atoms with van der Waals surface area (Å²) in [6.07, 6.45) is -0.616. The SMILES string of the molecule is COc1cc(C(=O)NN(C(=O)OC(C)(C)C)C(C)C)c(Br)c2ccccc12. The van der Waals surface area contributed by atoms with E-state index in [0.717, 1.165) is 10.8 Å². The lowest BCUT2D eigenvalue weighted by Gasteiger charge is -2.30. The number of rotatable bonds is 3. The summed E-state index contributed by atoms with van der Waals surface area (Å²) in [7, 11) is 1.55. The Labute approximate surface area is 167 Å². The van der Waals surface area contributed by atoms with Crippen LogP contribution in [-0.4, -0.2) is 35.8 Å². The minimum Gasteiger partial charge on any atom is -0.496 e. The minimum absolute atomic E-state index is 0.287. The summed E-state index contributed by atoms with van der Waals surface area (Å²) in [5.74, 6) is 0.137. The quantitative estimate of drug-likeness (QED) is 0.694. The van der Waals surface area contributed by atoms with E-state index in [4.69, 9.17) is 9.47 Å². The highest BCUT2D eigenvalue weighted by Crippen LogP contribution is 2.34. The third-order valence-corrected chi connectivity index (χ3v) is 4.59. The van der Waals surface area contributed by atoms with Crippen molar-refractivity contribution in [3.63, 3.8) is 0 Å². The van der Waals surface area contributed by atoms with Crippen LogP contribution >= 0.6 is 15.9 Å². The molecular formula is C20H25BrN2O4. The number of carbonyl (C=O) groups is 2. The van der Waals surface area contributed by atoms with Gasteiger partial charge in [-0.3, -0.25) is 10.2 Å². The zero-order valence-corrected chi connectivity index (χ0v) is 18.0. The molecule has 7 heteroatoms. The Morgan fingerprint density at radius 2 is 1.74 bits per heavy atom. The highest BCUT2D eigenvalue weighted by Gasteiger charge is 2.27. The van der Waals surface area contributed by atoms with Gasteiger partial charge in [0.25, 0.3) is 5.91 Å². The summed E-state index contributed by atoms with van der Waals surface area (Å²) in [4.78, 5) is 25.4. The zero-order valence-electron chi connectivity index (χ0n) is 16.4. The molecule has 6 nitrogen and oxygen atoms in total. The Morgan fingerprint density at radius 1 is 1.15 bits per heavy atom. The Balaban J connectivity index is 2.38. The number of hydrogen-bond donors (Lipinski definition) is 1. The number of fused-ring (bicyclic) bond motifs is 1.